The Hall–Kier alpha value is -3.39. The maximum atomic E-state index is 12.4. The van der Waals surface area contributed by atoms with Crippen LogP contribution in [0.15, 0.2) is 48.5 Å². The Morgan fingerprint density at radius 1 is 1.06 bits per heavy atom. The van der Waals surface area contributed by atoms with Crippen LogP contribution in [0, 0.1) is 11.8 Å². The van der Waals surface area contributed by atoms with Gasteiger partial charge >= 0.3 is 12.1 Å². The number of carbonyl (C=O) groups is 3. The number of alkyl carbamates (subject to hydrolysis) is 1. The fourth-order valence-electron chi connectivity index (χ4n) is 4.66. The summed E-state index contributed by atoms with van der Waals surface area (Å²) >= 11 is 0. The van der Waals surface area contributed by atoms with Crippen LogP contribution in [0.25, 0.3) is 11.1 Å². The maximum absolute atomic E-state index is 12.4. The standard InChI is InChI=1S/C26H30N2O6/c1-15(2)23(25(30)31)28-24(29)16-11-17(33-13-16)12-27-26(32)34-14-22-20-9-5-3-7-18(20)19-8-4-6-10-21(19)22/h3-10,15-17,22-23H,11-14H2,1-2H3,(H,27,32)(H,28,29)(H,30,31). The number of nitrogens with one attached hydrogen (secondary N) is 2. The second-order valence-electron chi connectivity index (χ2n) is 9.16. The number of rotatable bonds is 8. The average molecular weight is 467 g/mol. The molecule has 3 unspecified atom stereocenters. The molecule has 0 radical (unpaired) electrons. The molecule has 0 spiro atoms. The molecule has 0 saturated carbocycles. The van der Waals surface area contributed by atoms with Crippen LogP contribution in [-0.2, 0) is 19.1 Å². The average Bonchev–Trinajstić information content (AvgIpc) is 3.42. The van der Waals surface area contributed by atoms with E-state index < -0.39 is 24.0 Å². The Balaban J connectivity index is 1.25. The molecule has 1 aliphatic heterocycles. The summed E-state index contributed by atoms with van der Waals surface area (Å²) in [7, 11) is 0. The van der Waals surface area contributed by atoms with Gasteiger partial charge in [0.25, 0.3) is 0 Å². The van der Waals surface area contributed by atoms with Crippen LogP contribution in [-0.4, -0.2) is 55.0 Å². The van der Waals surface area contributed by atoms with Gasteiger partial charge in [-0.3, -0.25) is 4.79 Å². The molecule has 1 aliphatic carbocycles. The summed E-state index contributed by atoms with van der Waals surface area (Å²) in [5, 5.41) is 14.6. The molecular weight excluding hydrogens is 436 g/mol. The first-order chi connectivity index (χ1) is 16.3. The number of carbonyl (C=O) groups excluding carboxylic acids is 2. The number of carboxylic acid groups (broad SMARTS) is 1. The Morgan fingerprint density at radius 2 is 1.68 bits per heavy atom. The molecule has 4 rings (SSSR count). The minimum atomic E-state index is -1.06. The first-order valence-electron chi connectivity index (χ1n) is 11.6. The van der Waals surface area contributed by atoms with E-state index in [1.54, 1.807) is 13.8 Å². The number of aliphatic carboxylic acids is 1. The molecule has 0 aromatic heterocycles. The predicted molar refractivity (Wildman–Crippen MR) is 125 cm³/mol. The highest BCUT2D eigenvalue weighted by atomic mass is 16.5. The van der Waals surface area contributed by atoms with Gasteiger partial charge in [-0.2, -0.15) is 0 Å². The van der Waals surface area contributed by atoms with Gasteiger partial charge in [-0.25, -0.2) is 9.59 Å². The molecule has 8 heteroatoms. The zero-order valence-corrected chi connectivity index (χ0v) is 19.3. The molecule has 8 nitrogen and oxygen atoms in total. The van der Waals surface area contributed by atoms with Crippen molar-refractivity contribution in [2.24, 2.45) is 11.8 Å². The second kappa shape index (κ2) is 10.3. The highest BCUT2D eigenvalue weighted by Crippen LogP contribution is 2.44. The molecule has 2 amide bonds. The molecule has 180 valence electrons. The Bertz CT molecular complexity index is 1020. The van der Waals surface area contributed by atoms with Gasteiger partial charge in [0, 0.05) is 12.5 Å². The highest BCUT2D eigenvalue weighted by molar-refractivity contribution is 5.85. The smallest absolute Gasteiger partial charge is 0.407 e. The summed E-state index contributed by atoms with van der Waals surface area (Å²) in [6, 6.07) is 15.3. The van der Waals surface area contributed by atoms with Crippen molar-refractivity contribution < 1.29 is 29.0 Å². The first-order valence-corrected chi connectivity index (χ1v) is 11.6. The van der Waals surface area contributed by atoms with Crippen molar-refractivity contribution in [1.29, 1.82) is 0 Å². The summed E-state index contributed by atoms with van der Waals surface area (Å²) in [6.45, 7) is 4.11. The number of amides is 2. The van der Waals surface area contributed by atoms with Crippen molar-refractivity contribution in [3.8, 4) is 11.1 Å². The van der Waals surface area contributed by atoms with E-state index in [-0.39, 0.29) is 43.6 Å². The third kappa shape index (κ3) is 5.07. The lowest BCUT2D eigenvalue weighted by molar-refractivity contribution is -0.143. The van der Waals surface area contributed by atoms with E-state index in [1.165, 1.54) is 11.1 Å². The lowest BCUT2D eigenvalue weighted by Crippen LogP contribution is -2.46. The van der Waals surface area contributed by atoms with Crippen molar-refractivity contribution in [2.75, 3.05) is 19.8 Å². The van der Waals surface area contributed by atoms with Crippen LogP contribution in [0.1, 0.15) is 37.3 Å². The van der Waals surface area contributed by atoms with Crippen LogP contribution in [0.3, 0.4) is 0 Å². The topological polar surface area (TPSA) is 114 Å². The third-order valence-electron chi connectivity index (χ3n) is 6.50. The molecule has 2 aromatic carbocycles. The van der Waals surface area contributed by atoms with E-state index in [1.807, 2.05) is 24.3 Å². The summed E-state index contributed by atoms with van der Waals surface area (Å²) in [5.74, 6) is -2.10. The highest BCUT2D eigenvalue weighted by Gasteiger charge is 2.34. The number of carboxylic acids is 1. The molecule has 1 heterocycles. The van der Waals surface area contributed by atoms with Crippen molar-refractivity contribution >= 4 is 18.0 Å². The van der Waals surface area contributed by atoms with Crippen LogP contribution in [0.5, 0.6) is 0 Å². The monoisotopic (exact) mass is 466 g/mol. The lowest BCUT2D eigenvalue weighted by atomic mass is 9.98. The minimum absolute atomic E-state index is 0.0166. The Kier molecular flexibility index (Phi) is 7.17. The van der Waals surface area contributed by atoms with E-state index in [0.717, 1.165) is 11.1 Å². The summed E-state index contributed by atoms with van der Waals surface area (Å²) in [5.41, 5.74) is 4.62. The first kappa shape index (κ1) is 23.8. The molecule has 1 fully saturated rings. The molecule has 3 atom stereocenters. The number of benzene rings is 2. The molecule has 2 aromatic rings. The Labute approximate surface area is 198 Å². The quantitative estimate of drug-likeness (QED) is 0.551. The second-order valence-corrected chi connectivity index (χ2v) is 9.16. The van der Waals surface area contributed by atoms with Gasteiger partial charge in [0.15, 0.2) is 0 Å². The number of hydrogen-bond donors (Lipinski definition) is 3. The van der Waals surface area contributed by atoms with Crippen molar-refractivity contribution in [1.82, 2.24) is 10.6 Å². The van der Waals surface area contributed by atoms with Crippen molar-refractivity contribution in [2.45, 2.75) is 38.3 Å². The van der Waals surface area contributed by atoms with E-state index >= 15 is 0 Å². The van der Waals surface area contributed by atoms with Crippen LogP contribution in [0.2, 0.25) is 0 Å². The predicted octanol–water partition coefficient (Wildman–Crippen LogP) is 3.16. The van der Waals surface area contributed by atoms with Gasteiger partial charge < -0.3 is 25.2 Å². The van der Waals surface area contributed by atoms with Gasteiger partial charge in [-0.05, 0) is 34.6 Å². The van der Waals surface area contributed by atoms with Gasteiger partial charge in [-0.1, -0.05) is 62.4 Å². The summed E-state index contributed by atoms with van der Waals surface area (Å²) in [6.07, 6.45) is -0.470. The van der Waals surface area contributed by atoms with Crippen LogP contribution in [0.4, 0.5) is 4.79 Å². The fourth-order valence-corrected chi connectivity index (χ4v) is 4.66. The zero-order chi connectivity index (χ0) is 24.2. The summed E-state index contributed by atoms with van der Waals surface area (Å²) in [4.78, 5) is 36.1. The van der Waals surface area contributed by atoms with E-state index in [2.05, 4.69) is 34.9 Å². The lowest BCUT2D eigenvalue weighted by Gasteiger charge is -2.19. The fraction of sp³-hybridized carbons (Fsp3) is 0.423. The molecule has 2 aliphatic rings. The van der Waals surface area contributed by atoms with E-state index in [0.29, 0.717) is 6.42 Å². The Morgan fingerprint density at radius 3 is 2.26 bits per heavy atom. The van der Waals surface area contributed by atoms with Gasteiger partial charge in [0.1, 0.15) is 12.6 Å². The normalized spacial score (nSPS) is 19.9. The van der Waals surface area contributed by atoms with Gasteiger partial charge in [0.2, 0.25) is 5.91 Å². The number of fused-ring (bicyclic) bond motifs is 3. The molecule has 0 bridgehead atoms. The molecule has 34 heavy (non-hydrogen) atoms. The number of ether oxygens (including phenoxy) is 2. The SMILES string of the molecule is CC(C)C(NC(=O)C1COC(CNC(=O)OCC2c3ccccc3-c3ccccc32)C1)C(=O)O. The molecule has 1 saturated heterocycles. The van der Waals surface area contributed by atoms with Crippen LogP contribution >= 0.6 is 0 Å². The van der Waals surface area contributed by atoms with Crippen LogP contribution < -0.4 is 10.6 Å². The largest absolute Gasteiger partial charge is 0.480 e. The van der Waals surface area contributed by atoms with Crippen molar-refractivity contribution in [3.63, 3.8) is 0 Å². The van der Waals surface area contributed by atoms with Crippen molar-refractivity contribution in [3.05, 3.63) is 59.7 Å². The van der Waals surface area contributed by atoms with Gasteiger partial charge in [0.05, 0.1) is 18.6 Å². The van der Waals surface area contributed by atoms with Gasteiger partial charge in [-0.15, -0.1) is 0 Å². The number of hydrogen-bond acceptors (Lipinski definition) is 5. The molecular formula is C26H30N2O6. The summed E-state index contributed by atoms with van der Waals surface area (Å²) < 4.78 is 11.2. The van der Waals surface area contributed by atoms with E-state index in [9.17, 15) is 19.5 Å². The zero-order valence-electron chi connectivity index (χ0n) is 19.3. The third-order valence-corrected chi connectivity index (χ3v) is 6.50. The molecule has 3 N–H and O–H groups in total. The van der Waals surface area contributed by atoms with E-state index in [4.69, 9.17) is 9.47 Å². The minimum Gasteiger partial charge on any atom is -0.480 e. The maximum Gasteiger partial charge on any atom is 0.407 e.